The van der Waals surface area contributed by atoms with Crippen LogP contribution in [0.2, 0.25) is 0 Å². The van der Waals surface area contributed by atoms with Gasteiger partial charge in [0.2, 0.25) is 6.41 Å². The summed E-state index contributed by atoms with van der Waals surface area (Å²) in [4.78, 5) is 18.2. The van der Waals surface area contributed by atoms with Gasteiger partial charge in [-0.1, -0.05) is 74.5 Å². The van der Waals surface area contributed by atoms with E-state index in [4.69, 9.17) is 14.8 Å². The van der Waals surface area contributed by atoms with E-state index in [1.807, 2.05) is 12.1 Å². The third kappa shape index (κ3) is 4.51. The monoisotopic (exact) mass is 333 g/mol. The molecule has 0 fully saturated rings. The van der Waals surface area contributed by atoms with Crippen LogP contribution in [-0.4, -0.2) is 16.4 Å². The third-order valence-electron chi connectivity index (χ3n) is 3.79. The number of aryl methyl sites for hydroxylation is 2. The van der Waals surface area contributed by atoms with Crippen molar-refractivity contribution in [3.63, 3.8) is 0 Å². The lowest BCUT2D eigenvalue weighted by Gasteiger charge is -2.15. The van der Waals surface area contributed by atoms with Gasteiger partial charge in [-0.15, -0.1) is 0 Å². The highest BCUT2D eigenvalue weighted by molar-refractivity contribution is 5.82. The molecule has 4 heteroatoms. The van der Waals surface area contributed by atoms with Gasteiger partial charge in [-0.3, -0.25) is 4.79 Å². The molecule has 0 aliphatic heterocycles. The van der Waals surface area contributed by atoms with Gasteiger partial charge < -0.3 is 5.73 Å². The van der Waals surface area contributed by atoms with Crippen LogP contribution >= 0.6 is 0 Å². The SMILES string of the molecule is CCc1nc(CC)c(-c2ccccc2)c(-c2ccccc2)n1.NC=O. The number of carbonyl (C=O) groups is 1. The summed E-state index contributed by atoms with van der Waals surface area (Å²) in [6, 6.07) is 20.8. The Bertz CT molecular complexity index is 802. The largest absolute Gasteiger partial charge is 0.372 e. The van der Waals surface area contributed by atoms with Crippen molar-refractivity contribution in [3.8, 4) is 22.4 Å². The number of hydrogen-bond donors (Lipinski definition) is 1. The van der Waals surface area contributed by atoms with Crippen molar-refractivity contribution >= 4 is 6.41 Å². The minimum atomic E-state index is 0.250. The van der Waals surface area contributed by atoms with E-state index in [2.05, 4.69) is 68.1 Å². The Morgan fingerprint density at radius 2 is 1.36 bits per heavy atom. The first-order valence-corrected chi connectivity index (χ1v) is 8.41. The number of nitrogens with zero attached hydrogens (tertiary/aromatic N) is 2. The van der Waals surface area contributed by atoms with E-state index in [1.54, 1.807) is 0 Å². The molecule has 3 aromatic rings. The summed E-state index contributed by atoms with van der Waals surface area (Å²) in [6.45, 7) is 4.26. The Labute approximate surface area is 148 Å². The fourth-order valence-corrected chi connectivity index (χ4v) is 2.69. The Hall–Kier alpha value is -3.01. The van der Waals surface area contributed by atoms with Crippen molar-refractivity contribution in [3.05, 3.63) is 72.2 Å². The second-order valence-electron chi connectivity index (χ2n) is 5.39. The molecule has 1 heterocycles. The maximum Gasteiger partial charge on any atom is 0.204 e. The van der Waals surface area contributed by atoms with Gasteiger partial charge in [0.25, 0.3) is 0 Å². The molecule has 1 aromatic heterocycles. The van der Waals surface area contributed by atoms with Crippen molar-refractivity contribution in [2.24, 2.45) is 5.73 Å². The summed E-state index contributed by atoms with van der Waals surface area (Å²) in [7, 11) is 0. The van der Waals surface area contributed by atoms with Crippen molar-refractivity contribution in [1.29, 1.82) is 0 Å². The maximum absolute atomic E-state index is 8.58. The second kappa shape index (κ2) is 9.33. The summed E-state index contributed by atoms with van der Waals surface area (Å²) in [6.07, 6.45) is 2.00. The van der Waals surface area contributed by atoms with Crippen LogP contribution in [0.3, 0.4) is 0 Å². The van der Waals surface area contributed by atoms with Gasteiger partial charge in [0.1, 0.15) is 5.82 Å². The van der Waals surface area contributed by atoms with Gasteiger partial charge in [0, 0.05) is 17.5 Å². The summed E-state index contributed by atoms with van der Waals surface area (Å²) in [5.41, 5.74) is 9.81. The number of rotatable bonds is 4. The van der Waals surface area contributed by atoms with Gasteiger partial charge >= 0.3 is 0 Å². The van der Waals surface area contributed by atoms with Crippen LogP contribution in [0, 0.1) is 0 Å². The first-order chi connectivity index (χ1) is 12.2. The highest BCUT2D eigenvalue weighted by atomic mass is 16.1. The molecule has 25 heavy (non-hydrogen) atoms. The van der Waals surface area contributed by atoms with Crippen molar-refractivity contribution in [2.75, 3.05) is 0 Å². The Kier molecular flexibility index (Phi) is 6.84. The van der Waals surface area contributed by atoms with Gasteiger partial charge in [-0.2, -0.15) is 0 Å². The van der Waals surface area contributed by atoms with Crippen LogP contribution in [0.4, 0.5) is 0 Å². The van der Waals surface area contributed by atoms with E-state index in [0.717, 1.165) is 41.2 Å². The van der Waals surface area contributed by atoms with Crippen LogP contribution in [0.15, 0.2) is 60.7 Å². The van der Waals surface area contributed by atoms with E-state index in [-0.39, 0.29) is 6.41 Å². The Balaban J connectivity index is 0.000000701. The van der Waals surface area contributed by atoms with Crippen LogP contribution in [0.5, 0.6) is 0 Å². The fourth-order valence-electron chi connectivity index (χ4n) is 2.69. The van der Waals surface area contributed by atoms with E-state index in [9.17, 15) is 0 Å². The smallest absolute Gasteiger partial charge is 0.204 e. The summed E-state index contributed by atoms with van der Waals surface area (Å²) >= 11 is 0. The van der Waals surface area contributed by atoms with Gasteiger partial charge in [0.15, 0.2) is 0 Å². The molecule has 0 aliphatic carbocycles. The number of nitrogens with two attached hydrogens (primary N) is 1. The molecular formula is C21H23N3O. The van der Waals surface area contributed by atoms with E-state index >= 15 is 0 Å². The first-order valence-electron chi connectivity index (χ1n) is 8.41. The van der Waals surface area contributed by atoms with Crippen molar-refractivity contribution in [1.82, 2.24) is 9.97 Å². The number of carbonyl (C=O) groups excluding carboxylic acids is 1. The highest BCUT2D eigenvalue weighted by Gasteiger charge is 2.15. The van der Waals surface area contributed by atoms with Crippen LogP contribution in [-0.2, 0) is 17.6 Å². The summed E-state index contributed by atoms with van der Waals surface area (Å²) < 4.78 is 0. The summed E-state index contributed by atoms with van der Waals surface area (Å²) in [5.74, 6) is 0.912. The van der Waals surface area contributed by atoms with Gasteiger partial charge in [0.05, 0.1) is 11.4 Å². The topological polar surface area (TPSA) is 68.9 Å². The zero-order chi connectivity index (χ0) is 18.1. The average Bonchev–Trinajstić information content (AvgIpc) is 2.69. The minimum absolute atomic E-state index is 0.250. The average molecular weight is 333 g/mol. The second-order valence-corrected chi connectivity index (χ2v) is 5.39. The molecule has 1 amide bonds. The minimum Gasteiger partial charge on any atom is -0.372 e. The molecule has 2 aromatic carbocycles. The predicted octanol–water partition coefficient (Wildman–Crippen LogP) is 4.04. The zero-order valence-electron chi connectivity index (χ0n) is 14.6. The lowest BCUT2D eigenvalue weighted by Crippen LogP contribution is -2.04. The molecule has 0 bridgehead atoms. The Morgan fingerprint density at radius 1 is 0.840 bits per heavy atom. The number of hydrogen-bond acceptors (Lipinski definition) is 3. The molecule has 0 atom stereocenters. The van der Waals surface area contributed by atoms with Crippen LogP contribution in [0.1, 0.15) is 25.4 Å². The Morgan fingerprint density at radius 3 is 1.84 bits per heavy atom. The van der Waals surface area contributed by atoms with Crippen LogP contribution < -0.4 is 5.73 Å². The number of aromatic nitrogens is 2. The van der Waals surface area contributed by atoms with Crippen molar-refractivity contribution < 1.29 is 4.79 Å². The molecule has 0 radical (unpaired) electrons. The van der Waals surface area contributed by atoms with E-state index in [0.29, 0.717) is 0 Å². The number of benzene rings is 2. The lowest BCUT2D eigenvalue weighted by atomic mass is 9.96. The van der Waals surface area contributed by atoms with E-state index < -0.39 is 0 Å². The molecule has 128 valence electrons. The molecule has 4 nitrogen and oxygen atoms in total. The standard InChI is InChI=1S/C20H20N2.CH3NO/c1-3-17-19(15-11-7-5-8-12-15)20(22-18(4-2)21-17)16-13-9-6-10-14-16;2-1-3/h5-14H,3-4H2,1-2H3;1H,(H2,2,3). The molecule has 0 saturated carbocycles. The lowest BCUT2D eigenvalue weighted by molar-refractivity contribution is -0.106. The number of primary amides is 1. The zero-order valence-corrected chi connectivity index (χ0v) is 14.6. The molecule has 0 spiro atoms. The van der Waals surface area contributed by atoms with E-state index in [1.165, 1.54) is 5.56 Å². The molecule has 0 saturated heterocycles. The molecule has 0 aliphatic rings. The van der Waals surface area contributed by atoms with Gasteiger partial charge in [-0.25, -0.2) is 9.97 Å². The molecule has 3 rings (SSSR count). The predicted molar refractivity (Wildman–Crippen MR) is 102 cm³/mol. The third-order valence-corrected chi connectivity index (χ3v) is 3.79. The van der Waals surface area contributed by atoms with Crippen molar-refractivity contribution in [2.45, 2.75) is 26.7 Å². The normalized spacial score (nSPS) is 9.84. The maximum atomic E-state index is 8.58. The van der Waals surface area contributed by atoms with Gasteiger partial charge in [-0.05, 0) is 12.0 Å². The first kappa shape index (κ1) is 18.3. The number of amides is 1. The molecule has 2 N–H and O–H groups in total. The molecule has 0 unspecified atom stereocenters. The quantitative estimate of drug-likeness (QED) is 0.733. The van der Waals surface area contributed by atoms with Crippen LogP contribution in [0.25, 0.3) is 22.4 Å². The fraction of sp³-hybridized carbons (Fsp3) is 0.190. The summed E-state index contributed by atoms with van der Waals surface area (Å²) in [5, 5.41) is 0. The molecular weight excluding hydrogens is 310 g/mol. The highest BCUT2D eigenvalue weighted by Crippen LogP contribution is 2.33.